The van der Waals surface area contributed by atoms with Crippen LogP contribution in [-0.2, 0) is 6.42 Å². The number of halogens is 3. The third-order valence-electron chi connectivity index (χ3n) is 4.39. The Morgan fingerprint density at radius 3 is 2.48 bits per heavy atom. The fourth-order valence-electron chi connectivity index (χ4n) is 2.90. The largest absolute Gasteiger partial charge is 0.382 e. The molecule has 0 saturated heterocycles. The molecular weight excluding hydrogens is 427 g/mol. The molecule has 0 aliphatic carbocycles. The van der Waals surface area contributed by atoms with Gasteiger partial charge in [0.1, 0.15) is 23.3 Å². The summed E-state index contributed by atoms with van der Waals surface area (Å²) in [5, 5.41) is 16.5. The number of anilines is 1. The van der Waals surface area contributed by atoms with Crippen molar-refractivity contribution in [2.45, 2.75) is 23.5 Å². The molecule has 0 bridgehead atoms. The van der Waals surface area contributed by atoms with Crippen LogP contribution in [0.15, 0.2) is 53.4 Å². The number of carbonyl (C=O) groups is 1. The number of hydrogen-bond donors (Lipinski definition) is 2. The maximum atomic E-state index is 13.1. The summed E-state index contributed by atoms with van der Waals surface area (Å²) in [5.74, 6) is -3.08. The predicted molar refractivity (Wildman–Crippen MR) is 112 cm³/mol. The predicted octanol–water partition coefficient (Wildman–Crippen LogP) is 4.14. The third-order valence-corrected chi connectivity index (χ3v) is 5.12. The molecule has 3 rings (SSSR count). The summed E-state index contributed by atoms with van der Waals surface area (Å²) in [6.45, 7) is 0.320. The van der Waals surface area contributed by atoms with Crippen LogP contribution in [0.5, 0.6) is 0 Å². The lowest BCUT2D eigenvalue weighted by Crippen LogP contribution is -2.24. The van der Waals surface area contributed by atoms with Gasteiger partial charge in [-0.3, -0.25) is 4.79 Å². The molecule has 1 aromatic heterocycles. The Kier molecular flexibility index (Phi) is 7.20. The topological polar surface area (TPSA) is 96.7 Å². The van der Waals surface area contributed by atoms with E-state index in [0.717, 1.165) is 0 Å². The van der Waals surface area contributed by atoms with Crippen molar-refractivity contribution in [3.05, 3.63) is 71.2 Å². The number of amides is 1. The molecule has 0 fully saturated rings. The SMILES string of the molecule is N#Cc1c(CCCNC(=O)c2ccc(SC(F)F)cc2)nn(-c2ccc(F)cc2)c1N. The summed E-state index contributed by atoms with van der Waals surface area (Å²) in [7, 11) is 0. The van der Waals surface area contributed by atoms with Gasteiger partial charge in [0.15, 0.2) is 0 Å². The van der Waals surface area contributed by atoms with Gasteiger partial charge in [-0.2, -0.15) is 19.1 Å². The summed E-state index contributed by atoms with van der Waals surface area (Å²) in [5.41, 5.74) is 7.63. The van der Waals surface area contributed by atoms with E-state index in [1.165, 1.54) is 53.2 Å². The molecule has 0 aliphatic heterocycles. The van der Waals surface area contributed by atoms with Gasteiger partial charge in [-0.15, -0.1) is 0 Å². The van der Waals surface area contributed by atoms with Crippen molar-refractivity contribution in [3.8, 4) is 11.8 Å². The first-order valence-electron chi connectivity index (χ1n) is 9.25. The minimum atomic E-state index is -2.52. The zero-order chi connectivity index (χ0) is 22.4. The summed E-state index contributed by atoms with van der Waals surface area (Å²) < 4.78 is 39.2. The van der Waals surface area contributed by atoms with Crippen molar-refractivity contribution >= 4 is 23.5 Å². The Labute approximate surface area is 180 Å². The van der Waals surface area contributed by atoms with Gasteiger partial charge < -0.3 is 11.1 Å². The lowest BCUT2D eigenvalue weighted by Gasteiger charge is -2.06. The van der Waals surface area contributed by atoms with Crippen LogP contribution in [0.1, 0.15) is 28.0 Å². The number of alkyl halides is 2. The van der Waals surface area contributed by atoms with Crippen LogP contribution < -0.4 is 11.1 Å². The number of aryl methyl sites for hydroxylation is 1. The van der Waals surface area contributed by atoms with Gasteiger partial charge in [0.2, 0.25) is 0 Å². The van der Waals surface area contributed by atoms with Gasteiger partial charge in [-0.25, -0.2) is 9.07 Å². The molecule has 1 heterocycles. The van der Waals surface area contributed by atoms with E-state index in [0.29, 0.717) is 53.0 Å². The van der Waals surface area contributed by atoms with Crippen molar-refractivity contribution in [3.63, 3.8) is 0 Å². The van der Waals surface area contributed by atoms with Crippen LogP contribution in [0.3, 0.4) is 0 Å². The smallest absolute Gasteiger partial charge is 0.288 e. The Morgan fingerprint density at radius 2 is 1.87 bits per heavy atom. The zero-order valence-corrected chi connectivity index (χ0v) is 17.0. The normalized spacial score (nSPS) is 10.8. The number of rotatable bonds is 8. The highest BCUT2D eigenvalue weighted by atomic mass is 32.2. The number of benzene rings is 2. The van der Waals surface area contributed by atoms with Gasteiger partial charge in [-0.1, -0.05) is 11.8 Å². The second kappa shape index (κ2) is 10.0. The van der Waals surface area contributed by atoms with Crippen molar-refractivity contribution in [1.82, 2.24) is 15.1 Å². The van der Waals surface area contributed by atoms with E-state index in [1.807, 2.05) is 6.07 Å². The summed E-state index contributed by atoms with van der Waals surface area (Å²) in [6, 6.07) is 13.5. The maximum absolute atomic E-state index is 13.1. The van der Waals surface area contributed by atoms with Crippen molar-refractivity contribution in [1.29, 1.82) is 5.26 Å². The first-order chi connectivity index (χ1) is 14.9. The standard InChI is InChI=1S/C21H18F3N5OS/c22-14-5-7-15(8-6-14)29-19(26)17(12-25)18(28-29)2-1-11-27-20(30)13-3-9-16(10-4-13)31-21(23)24/h3-10,21H,1-2,11,26H2,(H,27,30). The fraction of sp³-hybridized carbons (Fsp3) is 0.190. The van der Waals surface area contributed by atoms with Gasteiger partial charge in [0, 0.05) is 17.0 Å². The molecule has 1 amide bonds. The average Bonchev–Trinajstić information content (AvgIpc) is 3.07. The van der Waals surface area contributed by atoms with Gasteiger partial charge >= 0.3 is 0 Å². The number of carbonyl (C=O) groups excluding carboxylic acids is 1. The number of nitriles is 1. The van der Waals surface area contributed by atoms with Crippen molar-refractivity contribution in [2.75, 3.05) is 12.3 Å². The van der Waals surface area contributed by atoms with Gasteiger partial charge in [0.25, 0.3) is 11.7 Å². The zero-order valence-electron chi connectivity index (χ0n) is 16.2. The second-order valence-corrected chi connectivity index (χ2v) is 7.53. The molecule has 0 atom stereocenters. The van der Waals surface area contributed by atoms with E-state index < -0.39 is 11.6 Å². The molecule has 0 spiro atoms. The summed E-state index contributed by atoms with van der Waals surface area (Å²) >= 11 is 0.414. The number of thioether (sulfide) groups is 1. The average molecular weight is 445 g/mol. The minimum Gasteiger partial charge on any atom is -0.382 e. The van der Waals surface area contributed by atoms with E-state index in [9.17, 15) is 23.2 Å². The third kappa shape index (κ3) is 5.58. The molecule has 2 aromatic carbocycles. The molecule has 0 radical (unpaired) electrons. The number of aromatic nitrogens is 2. The van der Waals surface area contributed by atoms with E-state index in [4.69, 9.17) is 5.73 Å². The molecule has 0 aliphatic rings. The number of nitrogens with one attached hydrogen (secondary N) is 1. The highest BCUT2D eigenvalue weighted by Gasteiger charge is 2.16. The highest BCUT2D eigenvalue weighted by Crippen LogP contribution is 2.25. The number of nitrogens with two attached hydrogens (primary N) is 1. The molecule has 3 N–H and O–H groups in total. The fourth-order valence-corrected chi connectivity index (χ4v) is 3.40. The Bertz CT molecular complexity index is 1090. The van der Waals surface area contributed by atoms with Crippen molar-refractivity contribution in [2.24, 2.45) is 0 Å². The lowest BCUT2D eigenvalue weighted by atomic mass is 10.1. The first kappa shape index (κ1) is 22.2. The lowest BCUT2D eigenvalue weighted by molar-refractivity contribution is 0.0953. The van der Waals surface area contributed by atoms with E-state index in [2.05, 4.69) is 10.4 Å². The molecule has 3 aromatic rings. The molecule has 160 valence electrons. The van der Waals surface area contributed by atoms with Crippen LogP contribution in [0.4, 0.5) is 19.0 Å². The minimum absolute atomic E-state index is 0.162. The molecular formula is C21H18F3N5OS. The Hall–Kier alpha value is -3.45. The highest BCUT2D eigenvalue weighted by molar-refractivity contribution is 7.99. The Balaban J connectivity index is 1.58. The van der Waals surface area contributed by atoms with E-state index in [1.54, 1.807) is 0 Å². The maximum Gasteiger partial charge on any atom is 0.288 e. The van der Waals surface area contributed by atoms with Crippen LogP contribution >= 0.6 is 11.8 Å². The molecule has 0 saturated carbocycles. The van der Waals surface area contributed by atoms with E-state index >= 15 is 0 Å². The van der Waals surface area contributed by atoms with Crippen molar-refractivity contribution < 1.29 is 18.0 Å². The number of nitrogens with zero attached hydrogens (tertiary/aromatic N) is 3. The molecule has 31 heavy (non-hydrogen) atoms. The summed E-state index contributed by atoms with van der Waals surface area (Å²) in [4.78, 5) is 12.6. The van der Waals surface area contributed by atoms with Crippen LogP contribution in [0, 0.1) is 17.1 Å². The van der Waals surface area contributed by atoms with Crippen LogP contribution in [0.2, 0.25) is 0 Å². The monoisotopic (exact) mass is 445 g/mol. The van der Waals surface area contributed by atoms with Gasteiger partial charge in [0.05, 0.1) is 11.4 Å². The quantitative estimate of drug-likeness (QED) is 0.401. The number of hydrogen-bond acceptors (Lipinski definition) is 5. The Morgan fingerprint density at radius 1 is 1.19 bits per heavy atom. The van der Waals surface area contributed by atoms with Crippen LogP contribution in [-0.4, -0.2) is 28.0 Å². The molecule has 6 nitrogen and oxygen atoms in total. The second-order valence-electron chi connectivity index (χ2n) is 6.47. The first-order valence-corrected chi connectivity index (χ1v) is 10.1. The van der Waals surface area contributed by atoms with E-state index in [-0.39, 0.29) is 17.3 Å². The summed E-state index contributed by atoms with van der Waals surface area (Å²) in [6.07, 6.45) is 0.894. The van der Waals surface area contributed by atoms with Gasteiger partial charge in [-0.05, 0) is 61.4 Å². The molecule has 0 unspecified atom stereocenters. The molecule has 10 heteroatoms. The van der Waals surface area contributed by atoms with Crippen LogP contribution in [0.25, 0.3) is 5.69 Å². The number of nitrogen functional groups attached to an aromatic ring is 1.